The van der Waals surface area contributed by atoms with Crippen molar-refractivity contribution in [1.29, 1.82) is 0 Å². The van der Waals surface area contributed by atoms with Crippen molar-refractivity contribution in [2.24, 2.45) is 0 Å². The fourth-order valence-corrected chi connectivity index (χ4v) is 2.82. The molecule has 0 saturated carbocycles. The molecule has 0 saturated heterocycles. The maximum atomic E-state index is 13.2. The van der Waals surface area contributed by atoms with Crippen LogP contribution in [-0.2, 0) is 0 Å². The maximum Gasteiger partial charge on any atom is 0.282 e. The van der Waals surface area contributed by atoms with Crippen LogP contribution in [0.4, 0.5) is 10.1 Å². The van der Waals surface area contributed by atoms with Crippen molar-refractivity contribution in [3.8, 4) is 0 Å². The van der Waals surface area contributed by atoms with E-state index in [0.29, 0.717) is 4.34 Å². The molecule has 110 valence electrons. The fourth-order valence-electron chi connectivity index (χ4n) is 1.76. The molecule has 1 amide bonds. The molecule has 1 aromatic heterocycles. The minimum atomic E-state index is -0.721. The summed E-state index contributed by atoms with van der Waals surface area (Å²) in [5, 5.41) is 13.5. The zero-order chi connectivity index (χ0) is 15.6. The van der Waals surface area contributed by atoms with Gasteiger partial charge in [-0.3, -0.25) is 14.9 Å². The van der Waals surface area contributed by atoms with E-state index in [1.165, 1.54) is 11.3 Å². The summed E-state index contributed by atoms with van der Waals surface area (Å²) < 4.78 is 13.8. The van der Waals surface area contributed by atoms with E-state index < -0.39 is 28.4 Å². The molecule has 0 aliphatic carbocycles. The number of halogens is 2. The molecule has 0 bridgehead atoms. The average Bonchev–Trinajstić information content (AvgIpc) is 2.85. The van der Waals surface area contributed by atoms with Crippen LogP contribution in [0.2, 0.25) is 4.34 Å². The van der Waals surface area contributed by atoms with Gasteiger partial charge in [-0.1, -0.05) is 11.6 Å². The van der Waals surface area contributed by atoms with Crippen LogP contribution in [0, 0.1) is 15.9 Å². The summed E-state index contributed by atoms with van der Waals surface area (Å²) in [5.74, 6) is -1.42. The summed E-state index contributed by atoms with van der Waals surface area (Å²) in [6.45, 7) is 1.71. The summed E-state index contributed by atoms with van der Waals surface area (Å²) in [7, 11) is 0. The smallest absolute Gasteiger partial charge is 0.282 e. The first kappa shape index (κ1) is 15.4. The number of nitro groups is 1. The third kappa shape index (κ3) is 3.56. The van der Waals surface area contributed by atoms with Crippen molar-refractivity contribution in [1.82, 2.24) is 5.32 Å². The van der Waals surface area contributed by atoms with E-state index in [9.17, 15) is 19.3 Å². The highest BCUT2D eigenvalue weighted by Crippen LogP contribution is 2.27. The first-order valence-electron chi connectivity index (χ1n) is 5.88. The van der Waals surface area contributed by atoms with Gasteiger partial charge in [-0.05, 0) is 31.2 Å². The minimum Gasteiger partial charge on any atom is -0.344 e. The predicted octanol–water partition coefficient (Wildman–Crippen LogP) is 3.94. The average molecular weight is 329 g/mol. The number of hydrogen-bond acceptors (Lipinski definition) is 4. The third-order valence-electron chi connectivity index (χ3n) is 2.77. The van der Waals surface area contributed by atoms with Gasteiger partial charge in [-0.15, -0.1) is 11.3 Å². The summed E-state index contributed by atoms with van der Waals surface area (Å²) in [6.07, 6.45) is 0. The largest absolute Gasteiger partial charge is 0.344 e. The molecule has 0 aliphatic rings. The molecule has 1 N–H and O–H groups in total. The monoisotopic (exact) mass is 328 g/mol. The number of thiophene rings is 1. The van der Waals surface area contributed by atoms with Crippen molar-refractivity contribution in [3.05, 3.63) is 61.0 Å². The zero-order valence-electron chi connectivity index (χ0n) is 10.8. The Kier molecular flexibility index (Phi) is 4.54. The first-order chi connectivity index (χ1) is 9.88. The van der Waals surface area contributed by atoms with E-state index in [1.54, 1.807) is 19.1 Å². The Bertz CT molecular complexity index is 704. The van der Waals surface area contributed by atoms with Gasteiger partial charge in [0.05, 0.1) is 15.3 Å². The maximum absolute atomic E-state index is 13.2. The molecule has 1 unspecified atom stereocenters. The topological polar surface area (TPSA) is 72.2 Å². The molecule has 0 spiro atoms. The number of nitrogens with one attached hydrogen (secondary N) is 1. The Hall–Kier alpha value is -1.99. The Labute approximate surface area is 128 Å². The van der Waals surface area contributed by atoms with Gasteiger partial charge in [0.25, 0.3) is 11.6 Å². The lowest BCUT2D eigenvalue weighted by atomic mass is 10.1. The van der Waals surface area contributed by atoms with Crippen LogP contribution in [0.15, 0.2) is 30.3 Å². The molecule has 2 aromatic rings. The van der Waals surface area contributed by atoms with Crippen molar-refractivity contribution < 1.29 is 14.1 Å². The van der Waals surface area contributed by atoms with Crippen molar-refractivity contribution in [2.75, 3.05) is 0 Å². The Morgan fingerprint density at radius 2 is 2.14 bits per heavy atom. The van der Waals surface area contributed by atoms with Crippen LogP contribution < -0.4 is 5.32 Å². The Morgan fingerprint density at radius 3 is 2.71 bits per heavy atom. The lowest BCUT2D eigenvalue weighted by Gasteiger charge is -2.12. The van der Waals surface area contributed by atoms with E-state index in [0.717, 1.165) is 23.1 Å². The molecule has 0 aliphatic heterocycles. The van der Waals surface area contributed by atoms with E-state index in [2.05, 4.69) is 5.32 Å². The second-order valence-electron chi connectivity index (χ2n) is 4.26. The molecular weight excluding hydrogens is 319 g/mol. The van der Waals surface area contributed by atoms with Crippen LogP contribution >= 0.6 is 22.9 Å². The van der Waals surface area contributed by atoms with E-state index in [1.807, 2.05) is 0 Å². The fraction of sp³-hybridized carbons (Fsp3) is 0.154. The molecular formula is C13H10ClFN2O3S. The molecule has 0 fully saturated rings. The van der Waals surface area contributed by atoms with Crippen LogP contribution in [0.25, 0.3) is 0 Å². The van der Waals surface area contributed by atoms with Crippen molar-refractivity contribution in [3.63, 3.8) is 0 Å². The van der Waals surface area contributed by atoms with E-state index in [4.69, 9.17) is 11.6 Å². The summed E-state index contributed by atoms with van der Waals surface area (Å²) in [5.41, 5.74) is -0.750. The van der Waals surface area contributed by atoms with Crippen LogP contribution in [0.5, 0.6) is 0 Å². The molecule has 0 radical (unpaired) electrons. The van der Waals surface area contributed by atoms with Gasteiger partial charge in [0, 0.05) is 10.9 Å². The lowest BCUT2D eigenvalue weighted by molar-refractivity contribution is -0.385. The highest BCUT2D eigenvalue weighted by atomic mass is 35.5. The van der Waals surface area contributed by atoms with Crippen molar-refractivity contribution in [2.45, 2.75) is 13.0 Å². The standard InChI is InChI=1S/C13H10ClFN2O3S/c1-7(11-4-5-12(14)21-11)16-13(18)9-6-8(15)2-3-10(9)17(19)20/h2-7H,1H3,(H,16,18). The normalized spacial score (nSPS) is 12.0. The number of carbonyl (C=O) groups is 1. The Morgan fingerprint density at radius 1 is 1.43 bits per heavy atom. The minimum absolute atomic E-state index is 0.311. The number of benzene rings is 1. The molecule has 2 rings (SSSR count). The Balaban J connectivity index is 2.24. The van der Waals surface area contributed by atoms with Gasteiger partial charge in [0.1, 0.15) is 11.4 Å². The van der Waals surface area contributed by atoms with E-state index in [-0.39, 0.29) is 5.56 Å². The van der Waals surface area contributed by atoms with Crippen molar-refractivity contribution >= 4 is 34.5 Å². The zero-order valence-corrected chi connectivity index (χ0v) is 12.4. The number of rotatable bonds is 4. The molecule has 1 heterocycles. The number of nitro benzene ring substituents is 1. The molecule has 21 heavy (non-hydrogen) atoms. The summed E-state index contributed by atoms with van der Waals surface area (Å²) >= 11 is 7.10. The van der Waals surface area contributed by atoms with Gasteiger partial charge in [-0.2, -0.15) is 0 Å². The second kappa shape index (κ2) is 6.19. The van der Waals surface area contributed by atoms with Crippen LogP contribution in [-0.4, -0.2) is 10.8 Å². The second-order valence-corrected chi connectivity index (χ2v) is 6.00. The highest BCUT2D eigenvalue weighted by Gasteiger charge is 2.22. The number of hydrogen-bond donors (Lipinski definition) is 1. The molecule has 1 aromatic carbocycles. The van der Waals surface area contributed by atoms with Gasteiger partial charge in [0.15, 0.2) is 0 Å². The van der Waals surface area contributed by atoms with E-state index >= 15 is 0 Å². The number of amides is 1. The van der Waals surface area contributed by atoms with Crippen LogP contribution in [0.3, 0.4) is 0 Å². The van der Waals surface area contributed by atoms with Gasteiger partial charge >= 0.3 is 0 Å². The van der Waals surface area contributed by atoms with Gasteiger partial charge < -0.3 is 5.32 Å². The highest BCUT2D eigenvalue weighted by molar-refractivity contribution is 7.16. The first-order valence-corrected chi connectivity index (χ1v) is 7.08. The molecule has 1 atom stereocenters. The molecule has 5 nitrogen and oxygen atoms in total. The van der Waals surface area contributed by atoms with Gasteiger partial charge in [-0.25, -0.2) is 4.39 Å². The van der Waals surface area contributed by atoms with Gasteiger partial charge in [0.2, 0.25) is 0 Å². The predicted molar refractivity (Wildman–Crippen MR) is 78.3 cm³/mol. The number of nitrogens with zero attached hydrogens (tertiary/aromatic N) is 1. The quantitative estimate of drug-likeness (QED) is 0.682. The SMILES string of the molecule is CC(NC(=O)c1cc(F)ccc1[N+](=O)[O-])c1ccc(Cl)s1. The lowest BCUT2D eigenvalue weighted by Crippen LogP contribution is -2.26. The third-order valence-corrected chi connectivity index (χ3v) is 4.18. The number of carbonyl (C=O) groups excluding carboxylic acids is 1. The molecule has 8 heteroatoms. The van der Waals surface area contributed by atoms with Crippen LogP contribution in [0.1, 0.15) is 28.2 Å². The summed E-state index contributed by atoms with van der Waals surface area (Å²) in [4.78, 5) is 23.1. The summed E-state index contributed by atoms with van der Waals surface area (Å²) in [6, 6.07) is 5.81.